The van der Waals surface area contributed by atoms with Gasteiger partial charge in [0.15, 0.2) is 11.7 Å². The number of hydrogen-bond acceptors (Lipinski definition) is 7. The molecule has 1 aliphatic rings. The van der Waals surface area contributed by atoms with Gasteiger partial charge in [0.05, 0.1) is 11.3 Å². The van der Waals surface area contributed by atoms with Crippen molar-refractivity contribution < 1.29 is 23.9 Å². The van der Waals surface area contributed by atoms with E-state index in [4.69, 9.17) is 4.74 Å². The van der Waals surface area contributed by atoms with Crippen molar-refractivity contribution in [1.29, 1.82) is 0 Å². The molecule has 0 radical (unpaired) electrons. The van der Waals surface area contributed by atoms with Crippen molar-refractivity contribution in [2.75, 3.05) is 11.5 Å². The molecule has 1 saturated heterocycles. The summed E-state index contributed by atoms with van der Waals surface area (Å²) in [5.41, 5.74) is 2.52. The Morgan fingerprint density at radius 1 is 1.13 bits per heavy atom. The molecule has 0 N–H and O–H groups in total. The number of rotatable bonds is 6. The van der Waals surface area contributed by atoms with Crippen LogP contribution in [-0.2, 0) is 14.3 Å². The van der Waals surface area contributed by atoms with Crippen LogP contribution < -0.4 is 4.90 Å². The monoisotopic (exact) mass is 437 g/mol. The van der Waals surface area contributed by atoms with Crippen molar-refractivity contribution in [1.82, 2.24) is 9.55 Å². The molecule has 3 heterocycles. The average Bonchev–Trinajstić information content (AvgIpc) is 3.46. The van der Waals surface area contributed by atoms with Gasteiger partial charge in [-0.25, -0.2) is 9.78 Å². The number of ether oxygens (including phenoxy) is 1. The summed E-state index contributed by atoms with van der Waals surface area (Å²) in [6.45, 7) is 3.27. The van der Waals surface area contributed by atoms with E-state index in [1.54, 1.807) is 24.4 Å². The topological polar surface area (TPSA) is 98.6 Å². The fourth-order valence-electron chi connectivity index (χ4n) is 3.59. The van der Waals surface area contributed by atoms with E-state index in [0.717, 1.165) is 21.4 Å². The van der Waals surface area contributed by atoms with E-state index in [-0.39, 0.29) is 36.0 Å². The maximum atomic E-state index is 12.7. The van der Waals surface area contributed by atoms with Gasteiger partial charge in [0.1, 0.15) is 0 Å². The smallest absolute Gasteiger partial charge is 0.338 e. The fraction of sp³-hybridized carbons (Fsp3) is 0.227. The van der Waals surface area contributed by atoms with Crippen LogP contribution in [-0.4, -0.2) is 39.7 Å². The number of carbonyl (C=O) groups excluding carboxylic acids is 4. The van der Waals surface area contributed by atoms with Crippen molar-refractivity contribution in [2.45, 2.75) is 26.7 Å². The van der Waals surface area contributed by atoms with Gasteiger partial charge >= 0.3 is 5.97 Å². The summed E-state index contributed by atoms with van der Waals surface area (Å²) >= 11 is 1.46. The summed E-state index contributed by atoms with van der Waals surface area (Å²) in [6, 6.07) is 7.82. The van der Waals surface area contributed by atoms with E-state index in [2.05, 4.69) is 4.98 Å². The molecule has 9 heteroatoms. The van der Waals surface area contributed by atoms with Gasteiger partial charge < -0.3 is 4.74 Å². The Bertz CT molecular complexity index is 1180. The number of thiazole rings is 1. The number of imide groups is 1. The summed E-state index contributed by atoms with van der Waals surface area (Å²) in [7, 11) is 0. The number of amides is 2. The first-order valence-electron chi connectivity index (χ1n) is 9.62. The van der Waals surface area contributed by atoms with Crippen LogP contribution in [0.25, 0.3) is 5.13 Å². The van der Waals surface area contributed by atoms with Crippen LogP contribution in [0.5, 0.6) is 0 Å². The highest BCUT2D eigenvalue weighted by atomic mass is 32.1. The quantitative estimate of drug-likeness (QED) is 0.334. The first-order valence-corrected chi connectivity index (χ1v) is 10.5. The Morgan fingerprint density at radius 3 is 2.55 bits per heavy atom. The standard InChI is InChI=1S/C22H19N3O5S/c1-13-10-17(14(2)24(13)22-23-8-9-31-22)18(26)12-30-21(29)15-4-3-5-16(11-15)25-19(27)6-7-20(25)28/h3-5,8-11H,6-7,12H2,1-2H3. The largest absolute Gasteiger partial charge is 0.454 e. The Balaban J connectivity index is 1.47. The van der Waals surface area contributed by atoms with E-state index in [1.807, 2.05) is 23.8 Å². The Kier molecular flexibility index (Phi) is 5.51. The zero-order valence-corrected chi connectivity index (χ0v) is 17.8. The second-order valence-electron chi connectivity index (χ2n) is 7.11. The first-order chi connectivity index (χ1) is 14.9. The van der Waals surface area contributed by atoms with Crippen molar-refractivity contribution >= 4 is 40.6 Å². The third-order valence-electron chi connectivity index (χ3n) is 5.07. The molecule has 1 aromatic carbocycles. The number of anilines is 1. The van der Waals surface area contributed by atoms with Gasteiger partial charge in [-0.1, -0.05) is 6.07 Å². The number of aromatic nitrogens is 2. The van der Waals surface area contributed by atoms with Gasteiger partial charge in [-0.15, -0.1) is 11.3 Å². The van der Waals surface area contributed by atoms with Gasteiger partial charge in [-0.05, 0) is 38.1 Å². The highest BCUT2D eigenvalue weighted by Crippen LogP contribution is 2.25. The Morgan fingerprint density at radius 2 is 1.87 bits per heavy atom. The zero-order valence-electron chi connectivity index (χ0n) is 17.0. The van der Waals surface area contributed by atoms with E-state index in [9.17, 15) is 19.2 Å². The second kappa shape index (κ2) is 8.27. The van der Waals surface area contributed by atoms with Crippen molar-refractivity contribution in [3.8, 4) is 5.13 Å². The first kappa shape index (κ1) is 20.7. The van der Waals surface area contributed by atoms with Gasteiger partial charge in [0, 0.05) is 41.4 Å². The van der Waals surface area contributed by atoms with Crippen LogP contribution in [0, 0.1) is 13.8 Å². The van der Waals surface area contributed by atoms with Gasteiger partial charge in [-0.3, -0.25) is 23.9 Å². The molecule has 2 aromatic heterocycles. The number of esters is 1. The molecule has 2 amide bonds. The molecule has 8 nitrogen and oxygen atoms in total. The molecule has 0 unspecified atom stereocenters. The minimum Gasteiger partial charge on any atom is -0.454 e. The van der Waals surface area contributed by atoms with Crippen molar-refractivity contribution in [3.63, 3.8) is 0 Å². The number of ketones is 1. The highest BCUT2D eigenvalue weighted by molar-refractivity contribution is 7.12. The zero-order chi connectivity index (χ0) is 22.1. The van der Waals surface area contributed by atoms with Crippen LogP contribution in [0.4, 0.5) is 5.69 Å². The molecule has 3 aromatic rings. The molecular formula is C22H19N3O5S. The summed E-state index contributed by atoms with van der Waals surface area (Å²) in [6.07, 6.45) is 2.00. The predicted octanol–water partition coefficient (Wildman–Crippen LogP) is 3.24. The lowest BCUT2D eigenvalue weighted by atomic mass is 10.1. The van der Waals surface area contributed by atoms with Crippen molar-refractivity contribution in [3.05, 3.63) is 64.4 Å². The third kappa shape index (κ3) is 3.91. The molecule has 1 fully saturated rings. The van der Waals surface area contributed by atoms with Gasteiger partial charge in [0.2, 0.25) is 17.6 Å². The number of carbonyl (C=O) groups is 4. The molecule has 0 bridgehead atoms. The van der Waals surface area contributed by atoms with E-state index in [1.165, 1.54) is 23.5 Å². The van der Waals surface area contributed by atoms with Gasteiger partial charge in [-0.2, -0.15) is 0 Å². The Hall–Kier alpha value is -3.59. The minimum atomic E-state index is -0.706. The van der Waals surface area contributed by atoms with E-state index >= 15 is 0 Å². The minimum absolute atomic E-state index is 0.154. The lowest BCUT2D eigenvalue weighted by Gasteiger charge is -2.14. The molecule has 31 heavy (non-hydrogen) atoms. The normalized spacial score (nSPS) is 13.7. The number of Topliss-reactive ketones (excluding diaryl/α,β-unsaturated/α-hetero) is 1. The fourth-order valence-corrected chi connectivity index (χ4v) is 4.35. The van der Waals surface area contributed by atoms with E-state index in [0.29, 0.717) is 11.3 Å². The lowest BCUT2D eigenvalue weighted by Crippen LogP contribution is -2.28. The maximum Gasteiger partial charge on any atom is 0.338 e. The highest BCUT2D eigenvalue weighted by Gasteiger charge is 2.30. The van der Waals surface area contributed by atoms with Crippen LogP contribution in [0.1, 0.15) is 44.9 Å². The van der Waals surface area contributed by atoms with Crippen molar-refractivity contribution in [2.24, 2.45) is 0 Å². The van der Waals surface area contributed by atoms with E-state index < -0.39 is 12.6 Å². The summed E-state index contributed by atoms with van der Waals surface area (Å²) in [5.74, 6) is -1.64. The van der Waals surface area contributed by atoms with Gasteiger partial charge in [0.25, 0.3) is 0 Å². The van der Waals surface area contributed by atoms with Crippen LogP contribution in [0.15, 0.2) is 41.9 Å². The second-order valence-corrected chi connectivity index (χ2v) is 7.98. The maximum absolute atomic E-state index is 12.7. The number of nitrogens with zero attached hydrogens (tertiary/aromatic N) is 3. The molecule has 1 aliphatic heterocycles. The molecule has 4 rings (SSSR count). The number of benzene rings is 1. The summed E-state index contributed by atoms with van der Waals surface area (Å²) < 4.78 is 7.09. The number of aryl methyl sites for hydroxylation is 1. The lowest BCUT2D eigenvalue weighted by molar-refractivity contribution is -0.121. The summed E-state index contributed by atoms with van der Waals surface area (Å²) in [4.78, 5) is 54.4. The van der Waals surface area contributed by atoms with Crippen LogP contribution in [0.2, 0.25) is 0 Å². The molecule has 0 spiro atoms. The van der Waals surface area contributed by atoms with Crippen LogP contribution in [0.3, 0.4) is 0 Å². The molecule has 0 aliphatic carbocycles. The SMILES string of the molecule is Cc1cc(C(=O)COC(=O)c2cccc(N3C(=O)CCC3=O)c2)c(C)n1-c1nccs1. The molecular weight excluding hydrogens is 418 g/mol. The third-order valence-corrected chi connectivity index (χ3v) is 5.82. The average molecular weight is 437 g/mol. The number of hydrogen-bond donors (Lipinski definition) is 0. The predicted molar refractivity (Wildman–Crippen MR) is 114 cm³/mol. The molecule has 0 saturated carbocycles. The molecule has 158 valence electrons. The Labute approximate surface area is 182 Å². The molecule has 0 atom stereocenters. The summed E-state index contributed by atoms with van der Waals surface area (Å²) in [5, 5.41) is 2.61. The van der Waals surface area contributed by atoms with Crippen LogP contribution >= 0.6 is 11.3 Å².